The van der Waals surface area contributed by atoms with E-state index in [2.05, 4.69) is 15.6 Å². The summed E-state index contributed by atoms with van der Waals surface area (Å²) < 4.78 is 0. The standard InChI is InChI=1S/C24H26N4O3/c1-3-15-8-7-9-16(4-2)22(15)27-21(29)14-28-23(30)20(26-24(28)31)12-17-13-25-19-11-6-5-10-18(17)19/h5-11,13,20,25H,3-4,12,14H2,1-2H3,(H,26,31)(H,27,29). The summed E-state index contributed by atoms with van der Waals surface area (Å²) in [6.07, 6.45) is 3.78. The second kappa shape index (κ2) is 8.63. The van der Waals surface area contributed by atoms with Crippen LogP contribution in [0.3, 0.4) is 0 Å². The number of nitrogens with zero attached hydrogens (tertiary/aromatic N) is 1. The van der Waals surface area contributed by atoms with Crippen LogP contribution in [-0.4, -0.2) is 40.3 Å². The van der Waals surface area contributed by atoms with Crippen molar-refractivity contribution in [1.82, 2.24) is 15.2 Å². The highest BCUT2D eigenvalue weighted by molar-refractivity contribution is 6.08. The van der Waals surface area contributed by atoms with Gasteiger partial charge in [0, 0.05) is 29.2 Å². The molecule has 7 nitrogen and oxygen atoms in total. The molecule has 2 aromatic carbocycles. The first-order valence-electron chi connectivity index (χ1n) is 10.6. The van der Waals surface area contributed by atoms with Gasteiger partial charge in [-0.3, -0.25) is 14.5 Å². The second-order valence-electron chi connectivity index (χ2n) is 7.70. The Hall–Kier alpha value is -3.61. The number of amides is 4. The molecule has 3 aromatic rings. The fraction of sp³-hybridized carbons (Fsp3) is 0.292. The molecule has 4 rings (SSSR count). The minimum atomic E-state index is -0.686. The van der Waals surface area contributed by atoms with Crippen LogP contribution < -0.4 is 10.6 Å². The summed E-state index contributed by atoms with van der Waals surface area (Å²) in [5, 5.41) is 6.65. The SMILES string of the molecule is CCc1cccc(CC)c1NC(=O)CN1C(=O)NC(Cc2c[nH]c3ccccc23)C1=O. The zero-order chi connectivity index (χ0) is 22.0. The molecule has 1 aliphatic heterocycles. The van der Waals surface area contributed by atoms with E-state index < -0.39 is 12.1 Å². The molecule has 3 N–H and O–H groups in total. The summed E-state index contributed by atoms with van der Waals surface area (Å²) in [4.78, 5) is 42.2. The monoisotopic (exact) mass is 418 g/mol. The van der Waals surface area contributed by atoms with Crippen molar-refractivity contribution in [3.8, 4) is 0 Å². The first-order chi connectivity index (χ1) is 15.0. The van der Waals surface area contributed by atoms with Gasteiger partial charge in [0.2, 0.25) is 5.91 Å². The molecule has 1 atom stereocenters. The van der Waals surface area contributed by atoms with Gasteiger partial charge in [-0.25, -0.2) is 4.79 Å². The summed E-state index contributed by atoms with van der Waals surface area (Å²) in [6.45, 7) is 3.74. The summed E-state index contributed by atoms with van der Waals surface area (Å²) in [5.74, 6) is -0.767. The Bertz CT molecular complexity index is 1130. The Balaban J connectivity index is 1.45. The molecule has 0 saturated carbocycles. The normalized spacial score (nSPS) is 16.1. The van der Waals surface area contributed by atoms with Crippen LogP contribution in [0.15, 0.2) is 48.7 Å². The molecule has 31 heavy (non-hydrogen) atoms. The van der Waals surface area contributed by atoms with Crippen molar-refractivity contribution in [2.45, 2.75) is 39.2 Å². The first-order valence-corrected chi connectivity index (χ1v) is 10.6. The predicted molar refractivity (Wildman–Crippen MR) is 120 cm³/mol. The van der Waals surface area contributed by atoms with Crippen molar-refractivity contribution in [2.75, 3.05) is 11.9 Å². The molecule has 160 valence electrons. The number of carbonyl (C=O) groups excluding carboxylic acids is 3. The molecule has 1 aromatic heterocycles. The Morgan fingerprint density at radius 1 is 1.00 bits per heavy atom. The Morgan fingerprint density at radius 3 is 2.42 bits per heavy atom. The molecule has 4 amide bonds. The summed E-state index contributed by atoms with van der Waals surface area (Å²) in [5.41, 5.74) is 4.76. The lowest BCUT2D eigenvalue weighted by atomic mass is 10.0. The number of H-pyrrole nitrogens is 1. The van der Waals surface area contributed by atoms with Gasteiger partial charge in [0.1, 0.15) is 12.6 Å². The number of nitrogens with one attached hydrogen (secondary N) is 3. The average Bonchev–Trinajstić information content (AvgIpc) is 3.30. The molecule has 0 radical (unpaired) electrons. The van der Waals surface area contributed by atoms with Crippen LogP contribution in [0.2, 0.25) is 0 Å². The molecule has 1 fully saturated rings. The van der Waals surface area contributed by atoms with E-state index in [9.17, 15) is 14.4 Å². The van der Waals surface area contributed by atoms with Gasteiger partial charge in [0.25, 0.3) is 5.91 Å². The molecular formula is C24H26N4O3. The van der Waals surface area contributed by atoms with Crippen molar-refractivity contribution in [1.29, 1.82) is 0 Å². The highest BCUT2D eigenvalue weighted by Crippen LogP contribution is 2.23. The third kappa shape index (κ3) is 4.03. The van der Waals surface area contributed by atoms with E-state index in [4.69, 9.17) is 0 Å². The molecular weight excluding hydrogens is 392 g/mol. The zero-order valence-corrected chi connectivity index (χ0v) is 17.7. The van der Waals surface area contributed by atoms with Gasteiger partial charge < -0.3 is 15.6 Å². The molecule has 7 heteroatoms. The topological polar surface area (TPSA) is 94.3 Å². The first kappa shape index (κ1) is 20.7. The Morgan fingerprint density at radius 2 is 1.71 bits per heavy atom. The van der Waals surface area contributed by atoms with E-state index in [0.717, 1.165) is 51.0 Å². The third-order valence-corrected chi connectivity index (χ3v) is 5.77. The van der Waals surface area contributed by atoms with Crippen molar-refractivity contribution in [2.24, 2.45) is 0 Å². The highest BCUT2D eigenvalue weighted by atomic mass is 16.2. The molecule has 1 aliphatic rings. The van der Waals surface area contributed by atoms with Crippen LogP contribution in [0.25, 0.3) is 10.9 Å². The van der Waals surface area contributed by atoms with Gasteiger partial charge in [-0.05, 0) is 35.6 Å². The zero-order valence-electron chi connectivity index (χ0n) is 17.7. The molecule has 2 heterocycles. The number of imide groups is 1. The van der Waals surface area contributed by atoms with Crippen LogP contribution in [0.4, 0.5) is 10.5 Å². The van der Waals surface area contributed by atoms with E-state index in [1.54, 1.807) is 0 Å². The van der Waals surface area contributed by atoms with Crippen molar-refractivity contribution < 1.29 is 14.4 Å². The quantitative estimate of drug-likeness (QED) is 0.513. The number of para-hydroxylation sites is 2. The van der Waals surface area contributed by atoms with Crippen molar-refractivity contribution >= 4 is 34.4 Å². The number of hydrogen-bond acceptors (Lipinski definition) is 3. The maximum atomic E-state index is 12.9. The number of benzene rings is 2. The van der Waals surface area contributed by atoms with E-state index in [1.807, 2.05) is 62.5 Å². The average molecular weight is 418 g/mol. The molecule has 1 saturated heterocycles. The number of fused-ring (bicyclic) bond motifs is 1. The summed E-state index contributed by atoms with van der Waals surface area (Å²) in [6, 6.07) is 12.5. The summed E-state index contributed by atoms with van der Waals surface area (Å²) >= 11 is 0. The highest BCUT2D eigenvalue weighted by Gasteiger charge is 2.39. The van der Waals surface area contributed by atoms with Gasteiger partial charge in [-0.1, -0.05) is 50.2 Å². The number of rotatable bonds is 7. The smallest absolute Gasteiger partial charge is 0.325 e. The number of carbonyl (C=O) groups is 3. The summed E-state index contributed by atoms with van der Waals surface area (Å²) in [7, 11) is 0. The largest absolute Gasteiger partial charge is 0.361 e. The minimum absolute atomic E-state index is 0.309. The molecule has 0 spiro atoms. The fourth-order valence-corrected chi connectivity index (χ4v) is 4.11. The van der Waals surface area contributed by atoms with E-state index in [0.29, 0.717) is 6.42 Å². The van der Waals surface area contributed by atoms with E-state index in [-0.39, 0.29) is 18.4 Å². The lowest BCUT2D eigenvalue weighted by Gasteiger charge is -2.17. The predicted octanol–water partition coefficient (Wildman–Crippen LogP) is 3.39. The third-order valence-electron chi connectivity index (χ3n) is 5.77. The maximum Gasteiger partial charge on any atom is 0.325 e. The number of anilines is 1. The lowest BCUT2D eigenvalue weighted by Crippen LogP contribution is -2.38. The minimum Gasteiger partial charge on any atom is -0.361 e. The van der Waals surface area contributed by atoms with Crippen molar-refractivity contribution in [3.63, 3.8) is 0 Å². The van der Waals surface area contributed by atoms with E-state index in [1.165, 1.54) is 0 Å². The fourth-order valence-electron chi connectivity index (χ4n) is 4.11. The Labute approximate surface area is 180 Å². The Kier molecular flexibility index (Phi) is 5.75. The molecule has 0 bridgehead atoms. The van der Waals surface area contributed by atoms with Crippen LogP contribution in [0.5, 0.6) is 0 Å². The van der Waals surface area contributed by atoms with Crippen molar-refractivity contribution in [3.05, 3.63) is 65.4 Å². The van der Waals surface area contributed by atoms with E-state index >= 15 is 0 Å². The second-order valence-corrected chi connectivity index (χ2v) is 7.70. The van der Waals surface area contributed by atoms with Crippen LogP contribution in [0.1, 0.15) is 30.5 Å². The van der Waals surface area contributed by atoms with Gasteiger partial charge >= 0.3 is 6.03 Å². The van der Waals surface area contributed by atoms with Gasteiger partial charge in [0.05, 0.1) is 0 Å². The number of aryl methyl sites for hydroxylation is 2. The number of aromatic amines is 1. The van der Waals surface area contributed by atoms with Gasteiger partial charge in [-0.2, -0.15) is 0 Å². The number of aromatic nitrogens is 1. The lowest BCUT2D eigenvalue weighted by molar-refractivity contribution is -0.130. The van der Waals surface area contributed by atoms with Crippen LogP contribution in [0, 0.1) is 0 Å². The molecule has 1 unspecified atom stereocenters. The molecule has 0 aliphatic carbocycles. The van der Waals surface area contributed by atoms with Gasteiger partial charge in [0.15, 0.2) is 0 Å². The maximum absolute atomic E-state index is 12.9. The van der Waals surface area contributed by atoms with Gasteiger partial charge in [-0.15, -0.1) is 0 Å². The van der Waals surface area contributed by atoms with Crippen LogP contribution >= 0.6 is 0 Å². The van der Waals surface area contributed by atoms with Crippen LogP contribution in [-0.2, 0) is 28.9 Å². The number of hydrogen-bond donors (Lipinski definition) is 3. The number of urea groups is 1.